The molecule has 2 aromatic carbocycles. The first-order chi connectivity index (χ1) is 13.8. The smallest absolute Gasteiger partial charge is 0.159 e. The molecule has 0 aliphatic rings. The molecule has 3 aromatic rings. The van der Waals surface area contributed by atoms with E-state index >= 15 is 0 Å². The molecule has 0 saturated carbocycles. The van der Waals surface area contributed by atoms with Crippen molar-refractivity contribution in [1.29, 1.82) is 5.41 Å². The third-order valence-electron chi connectivity index (χ3n) is 4.09. The van der Waals surface area contributed by atoms with E-state index < -0.39 is 17.5 Å². The third kappa shape index (κ3) is 5.14. The molecule has 0 spiro atoms. The van der Waals surface area contributed by atoms with Crippen molar-refractivity contribution in [3.8, 4) is 0 Å². The van der Waals surface area contributed by atoms with Crippen LogP contribution in [0.1, 0.15) is 16.0 Å². The number of benzene rings is 2. The summed E-state index contributed by atoms with van der Waals surface area (Å²) in [4.78, 5) is 1.08. The van der Waals surface area contributed by atoms with Crippen LogP contribution < -0.4 is 11.1 Å². The lowest BCUT2D eigenvalue weighted by Crippen LogP contribution is -2.07. The van der Waals surface area contributed by atoms with E-state index in [4.69, 9.17) is 11.1 Å². The van der Waals surface area contributed by atoms with E-state index in [-0.39, 0.29) is 17.1 Å². The summed E-state index contributed by atoms with van der Waals surface area (Å²) in [6, 6.07) is 9.87. The van der Waals surface area contributed by atoms with Crippen LogP contribution in [0.5, 0.6) is 0 Å². The van der Waals surface area contributed by atoms with E-state index in [2.05, 4.69) is 11.9 Å². The van der Waals surface area contributed by atoms with Crippen LogP contribution in [0.15, 0.2) is 66.2 Å². The first-order valence-electron chi connectivity index (χ1n) is 8.61. The molecule has 0 saturated heterocycles. The third-order valence-corrected chi connectivity index (χ3v) is 4.97. The minimum Gasteiger partial charge on any atom is -0.398 e. The van der Waals surface area contributed by atoms with Crippen molar-refractivity contribution in [2.45, 2.75) is 6.42 Å². The Morgan fingerprint density at radius 1 is 1.10 bits per heavy atom. The highest BCUT2D eigenvalue weighted by molar-refractivity contribution is 7.09. The van der Waals surface area contributed by atoms with Gasteiger partial charge < -0.3 is 16.5 Å². The van der Waals surface area contributed by atoms with Gasteiger partial charge in [-0.25, -0.2) is 13.2 Å². The lowest BCUT2D eigenvalue weighted by atomic mass is 10.0. The lowest BCUT2D eigenvalue weighted by molar-refractivity contribution is 0.508. The summed E-state index contributed by atoms with van der Waals surface area (Å²) in [5.74, 6) is -2.48. The molecule has 3 rings (SSSR count). The number of allylic oxidation sites excluding steroid dienone is 2. The highest BCUT2D eigenvalue weighted by Gasteiger charge is 2.12. The fraction of sp³-hybridized carbons (Fsp3) is 0.0455. The van der Waals surface area contributed by atoms with E-state index in [1.54, 1.807) is 11.3 Å². The molecule has 29 heavy (non-hydrogen) atoms. The Hall–Kier alpha value is -3.32. The maximum Gasteiger partial charge on any atom is 0.159 e. The van der Waals surface area contributed by atoms with Crippen molar-refractivity contribution in [1.82, 2.24) is 0 Å². The van der Waals surface area contributed by atoms with Gasteiger partial charge in [0.2, 0.25) is 0 Å². The Balaban J connectivity index is 1.78. The number of halogens is 3. The van der Waals surface area contributed by atoms with E-state index in [0.717, 1.165) is 23.1 Å². The molecule has 0 amide bonds. The molecule has 1 heterocycles. The first-order valence-corrected chi connectivity index (χ1v) is 9.49. The second-order valence-electron chi connectivity index (χ2n) is 6.32. The van der Waals surface area contributed by atoms with Crippen molar-refractivity contribution in [3.05, 3.63) is 99.7 Å². The largest absolute Gasteiger partial charge is 0.398 e. The number of nitrogen functional groups attached to an aromatic ring is 1. The van der Waals surface area contributed by atoms with E-state index in [9.17, 15) is 13.2 Å². The van der Waals surface area contributed by atoms with Crippen molar-refractivity contribution in [3.63, 3.8) is 0 Å². The van der Waals surface area contributed by atoms with Gasteiger partial charge in [-0.05, 0) is 47.4 Å². The second-order valence-corrected chi connectivity index (χ2v) is 7.36. The molecular weight excluding hydrogens is 395 g/mol. The first kappa shape index (κ1) is 20.4. The molecule has 0 unspecified atom stereocenters. The fourth-order valence-corrected chi connectivity index (χ4v) is 3.41. The highest BCUT2D eigenvalue weighted by Crippen LogP contribution is 2.25. The summed E-state index contributed by atoms with van der Waals surface area (Å²) in [7, 11) is 0. The Kier molecular flexibility index (Phi) is 6.19. The summed E-state index contributed by atoms with van der Waals surface area (Å²) in [5.41, 5.74) is 7.41. The van der Waals surface area contributed by atoms with Gasteiger partial charge in [0, 0.05) is 28.2 Å². The quantitative estimate of drug-likeness (QED) is 0.329. The summed E-state index contributed by atoms with van der Waals surface area (Å²) in [5, 5.41) is 13.1. The SMILES string of the molecule is C=C(Cc1cccs1)Nc1cc(C(=N)/C=C/c2ccc(F)c(F)c2)c(N)cc1F. The zero-order chi connectivity index (χ0) is 21.0. The topological polar surface area (TPSA) is 61.9 Å². The number of hydrogen-bond acceptors (Lipinski definition) is 4. The summed E-state index contributed by atoms with van der Waals surface area (Å²) >= 11 is 1.57. The normalized spacial score (nSPS) is 11.0. The minimum atomic E-state index is -0.976. The molecule has 7 heteroatoms. The molecule has 0 fully saturated rings. The predicted molar refractivity (Wildman–Crippen MR) is 114 cm³/mol. The molecule has 0 radical (unpaired) electrons. The Labute approximate surface area is 170 Å². The van der Waals surface area contributed by atoms with Crippen molar-refractivity contribution in [2.75, 3.05) is 11.1 Å². The summed E-state index contributed by atoms with van der Waals surface area (Å²) in [6.45, 7) is 3.92. The monoisotopic (exact) mass is 413 g/mol. The van der Waals surface area contributed by atoms with Crippen LogP contribution in [-0.4, -0.2) is 5.71 Å². The number of anilines is 2. The van der Waals surface area contributed by atoms with E-state index in [1.165, 1.54) is 24.3 Å². The van der Waals surface area contributed by atoms with Crippen molar-refractivity contribution < 1.29 is 13.2 Å². The fourth-order valence-electron chi connectivity index (χ4n) is 2.66. The van der Waals surface area contributed by atoms with Crippen molar-refractivity contribution >= 4 is 34.5 Å². The predicted octanol–water partition coefficient (Wildman–Crippen LogP) is 6.00. The van der Waals surface area contributed by atoms with Crippen LogP contribution in [0, 0.1) is 22.9 Å². The molecule has 1 aromatic heterocycles. The van der Waals surface area contributed by atoms with Crippen LogP contribution >= 0.6 is 11.3 Å². The highest BCUT2D eigenvalue weighted by atomic mass is 32.1. The Morgan fingerprint density at radius 2 is 1.90 bits per heavy atom. The molecular formula is C22H18F3N3S. The Bertz CT molecular complexity index is 1090. The van der Waals surface area contributed by atoms with Gasteiger partial charge in [-0.1, -0.05) is 24.8 Å². The second kappa shape index (κ2) is 8.79. The molecule has 0 aliphatic heterocycles. The Morgan fingerprint density at radius 3 is 2.59 bits per heavy atom. The molecule has 0 aliphatic carbocycles. The lowest BCUT2D eigenvalue weighted by Gasteiger charge is -2.13. The van der Waals surface area contributed by atoms with E-state index in [1.807, 2.05) is 17.5 Å². The van der Waals surface area contributed by atoms with Gasteiger partial charge in [0.05, 0.1) is 11.4 Å². The molecule has 0 atom stereocenters. The molecule has 3 nitrogen and oxygen atoms in total. The maximum absolute atomic E-state index is 14.3. The van der Waals surface area contributed by atoms with Gasteiger partial charge in [-0.2, -0.15) is 0 Å². The van der Waals surface area contributed by atoms with Gasteiger partial charge in [0.15, 0.2) is 11.6 Å². The molecule has 148 valence electrons. The number of rotatable bonds is 7. The van der Waals surface area contributed by atoms with Gasteiger partial charge in [-0.15, -0.1) is 11.3 Å². The van der Waals surface area contributed by atoms with Gasteiger partial charge >= 0.3 is 0 Å². The number of nitrogens with one attached hydrogen (secondary N) is 2. The molecule has 0 bridgehead atoms. The number of hydrogen-bond donors (Lipinski definition) is 3. The zero-order valence-corrected chi connectivity index (χ0v) is 16.1. The van der Waals surface area contributed by atoms with Crippen molar-refractivity contribution in [2.24, 2.45) is 0 Å². The van der Waals surface area contributed by atoms with Crippen LogP contribution in [0.3, 0.4) is 0 Å². The average molecular weight is 413 g/mol. The summed E-state index contributed by atoms with van der Waals surface area (Å²) < 4.78 is 40.6. The van der Waals surface area contributed by atoms with Crippen LogP contribution in [0.25, 0.3) is 6.08 Å². The van der Waals surface area contributed by atoms with Gasteiger partial charge in [-0.3, -0.25) is 0 Å². The van der Waals surface area contributed by atoms with Crippen LogP contribution in [-0.2, 0) is 6.42 Å². The van der Waals surface area contributed by atoms with E-state index in [0.29, 0.717) is 23.2 Å². The van der Waals surface area contributed by atoms with Crippen LogP contribution in [0.4, 0.5) is 24.5 Å². The summed E-state index contributed by atoms with van der Waals surface area (Å²) in [6.07, 6.45) is 3.39. The van der Waals surface area contributed by atoms with Gasteiger partial charge in [0.25, 0.3) is 0 Å². The minimum absolute atomic E-state index is 0.000785. The maximum atomic E-state index is 14.3. The zero-order valence-electron chi connectivity index (χ0n) is 15.3. The number of thiophene rings is 1. The number of nitrogens with two attached hydrogens (primary N) is 1. The van der Waals surface area contributed by atoms with Gasteiger partial charge in [0.1, 0.15) is 5.82 Å². The van der Waals surface area contributed by atoms with Crippen LogP contribution in [0.2, 0.25) is 0 Å². The molecule has 4 N–H and O–H groups in total. The average Bonchev–Trinajstić information content (AvgIpc) is 3.17. The standard InChI is InChI=1S/C22H18F3N3S/c1-13(9-15-3-2-8-29-15)28-22-11-16(21(27)12-19(22)25)20(26)7-5-14-4-6-17(23)18(24)10-14/h2-8,10-12,26,28H,1,9,27H2/b7-5+,26-20?.